The summed E-state index contributed by atoms with van der Waals surface area (Å²) in [7, 11) is 0. The summed E-state index contributed by atoms with van der Waals surface area (Å²) in [6.07, 6.45) is 1.63. The third-order valence-corrected chi connectivity index (χ3v) is 2.72. The molecule has 19 heavy (non-hydrogen) atoms. The van der Waals surface area contributed by atoms with Gasteiger partial charge in [-0.2, -0.15) is 15.0 Å². The number of nitrogens with one attached hydrogen (secondary N) is 2. The Labute approximate surface area is 118 Å². The molecule has 1 aromatic heterocycles. The van der Waals surface area contributed by atoms with E-state index in [1.807, 2.05) is 18.2 Å². The van der Waals surface area contributed by atoms with Crippen LogP contribution in [0, 0.1) is 20.9 Å². The van der Waals surface area contributed by atoms with E-state index in [0.29, 0.717) is 15.3 Å². The first-order valence-electron chi connectivity index (χ1n) is 5.24. The predicted molar refractivity (Wildman–Crippen MR) is 75.3 cm³/mol. The molecule has 0 atom stereocenters. The fraction of sp³-hybridized carbons (Fsp3) is 0.0909. The van der Waals surface area contributed by atoms with Gasteiger partial charge >= 0.3 is 0 Å². The van der Waals surface area contributed by atoms with Gasteiger partial charge in [-0.1, -0.05) is 0 Å². The number of benzene rings is 1. The number of hydrogen-bond acceptors (Lipinski definition) is 5. The number of ether oxygens (including phenoxy) is 1. The third-order valence-electron chi connectivity index (χ3n) is 2.17. The van der Waals surface area contributed by atoms with Gasteiger partial charge in [0, 0.05) is 0 Å². The minimum Gasteiger partial charge on any atom is -0.479 e. The summed E-state index contributed by atoms with van der Waals surface area (Å²) in [5, 5.41) is 17.9. The molecule has 0 bridgehead atoms. The van der Waals surface area contributed by atoms with E-state index in [4.69, 9.17) is 34.4 Å². The van der Waals surface area contributed by atoms with Crippen molar-refractivity contribution in [2.75, 3.05) is 6.61 Å². The van der Waals surface area contributed by atoms with Crippen molar-refractivity contribution >= 4 is 30.7 Å². The predicted octanol–water partition coefficient (Wildman–Crippen LogP) is 2.39. The van der Waals surface area contributed by atoms with Crippen LogP contribution >= 0.6 is 24.4 Å². The zero-order chi connectivity index (χ0) is 13.7. The lowest BCUT2D eigenvalue weighted by atomic mass is 10.2. The van der Waals surface area contributed by atoms with Crippen molar-refractivity contribution in [3.05, 3.63) is 39.4 Å². The molecule has 0 radical (unpaired) electrons. The highest BCUT2D eigenvalue weighted by atomic mass is 32.1. The van der Waals surface area contributed by atoms with Gasteiger partial charge in [-0.3, -0.25) is 10.2 Å². The number of hydrogen-bond donors (Lipinski definition) is 2. The highest BCUT2D eigenvalue weighted by Crippen LogP contribution is 2.10. The molecule has 1 heterocycles. The minimum absolute atomic E-state index is 0.0289. The highest BCUT2D eigenvalue weighted by molar-refractivity contribution is 7.72. The van der Waals surface area contributed by atoms with Crippen molar-refractivity contribution in [2.24, 2.45) is 5.10 Å². The number of aromatic amines is 2. The van der Waals surface area contributed by atoms with Crippen molar-refractivity contribution < 1.29 is 4.74 Å². The Morgan fingerprint density at radius 1 is 1.26 bits per heavy atom. The summed E-state index contributed by atoms with van der Waals surface area (Å²) >= 11 is 10.0. The molecule has 0 saturated heterocycles. The molecule has 2 N–H and O–H groups in total. The normalized spacial score (nSPS) is 10.5. The van der Waals surface area contributed by atoms with Crippen LogP contribution in [0.5, 0.6) is 5.75 Å². The Morgan fingerprint density at radius 2 is 1.89 bits per heavy atom. The molecule has 96 valence electrons. The maximum atomic E-state index is 8.40. The summed E-state index contributed by atoms with van der Waals surface area (Å²) in [6.45, 7) is 0.0289. The van der Waals surface area contributed by atoms with E-state index < -0.39 is 0 Å². The average molecular weight is 291 g/mol. The van der Waals surface area contributed by atoms with Crippen LogP contribution < -0.4 is 4.74 Å². The largest absolute Gasteiger partial charge is 0.479 e. The molecule has 0 aliphatic carbocycles. The van der Waals surface area contributed by atoms with Crippen molar-refractivity contribution in [1.82, 2.24) is 14.9 Å². The number of nitriles is 1. The first-order chi connectivity index (χ1) is 9.20. The zero-order valence-corrected chi connectivity index (χ0v) is 11.3. The van der Waals surface area contributed by atoms with Crippen LogP contribution in [-0.2, 0) is 0 Å². The van der Waals surface area contributed by atoms with Gasteiger partial charge in [0.05, 0.1) is 6.21 Å². The molecule has 0 aliphatic heterocycles. The van der Waals surface area contributed by atoms with Crippen LogP contribution in [0.4, 0.5) is 0 Å². The van der Waals surface area contributed by atoms with Gasteiger partial charge < -0.3 is 4.74 Å². The van der Waals surface area contributed by atoms with E-state index in [2.05, 4.69) is 15.3 Å². The second-order valence-corrected chi connectivity index (χ2v) is 4.21. The molecule has 1 aromatic carbocycles. The quantitative estimate of drug-likeness (QED) is 0.669. The van der Waals surface area contributed by atoms with Crippen molar-refractivity contribution in [1.29, 1.82) is 5.26 Å². The van der Waals surface area contributed by atoms with Crippen molar-refractivity contribution in [3.8, 4) is 11.8 Å². The van der Waals surface area contributed by atoms with Gasteiger partial charge in [0.25, 0.3) is 0 Å². The van der Waals surface area contributed by atoms with E-state index in [1.165, 1.54) is 4.68 Å². The van der Waals surface area contributed by atoms with E-state index in [0.717, 1.165) is 5.56 Å². The van der Waals surface area contributed by atoms with Crippen LogP contribution in [-0.4, -0.2) is 27.7 Å². The van der Waals surface area contributed by atoms with Gasteiger partial charge in [-0.15, -0.1) is 0 Å². The Balaban J connectivity index is 2.14. The smallest absolute Gasteiger partial charge is 0.215 e. The Hall–Kier alpha value is -2.24. The molecular weight excluding hydrogens is 282 g/mol. The monoisotopic (exact) mass is 291 g/mol. The molecule has 0 amide bonds. The van der Waals surface area contributed by atoms with Crippen LogP contribution in [0.25, 0.3) is 0 Å². The summed E-state index contributed by atoms with van der Waals surface area (Å²) in [4.78, 5) is 0. The number of rotatable bonds is 4. The number of nitrogens with zero attached hydrogens (tertiary/aromatic N) is 3. The molecule has 0 aliphatic rings. The van der Waals surface area contributed by atoms with Crippen LogP contribution in [0.2, 0.25) is 0 Å². The molecular formula is C11H9N5OS2. The summed E-state index contributed by atoms with van der Waals surface area (Å²) in [6, 6.07) is 9.06. The lowest BCUT2D eigenvalue weighted by Gasteiger charge is -2.00. The second kappa shape index (κ2) is 6.08. The van der Waals surface area contributed by atoms with Gasteiger partial charge in [0.2, 0.25) is 9.54 Å². The molecule has 2 rings (SSSR count). The fourth-order valence-corrected chi connectivity index (χ4v) is 1.74. The van der Waals surface area contributed by atoms with E-state index >= 15 is 0 Å². The van der Waals surface area contributed by atoms with Crippen LogP contribution in [0.15, 0.2) is 29.4 Å². The maximum Gasteiger partial charge on any atom is 0.215 e. The van der Waals surface area contributed by atoms with E-state index in [-0.39, 0.29) is 6.61 Å². The van der Waals surface area contributed by atoms with Crippen molar-refractivity contribution in [3.63, 3.8) is 0 Å². The Morgan fingerprint density at radius 3 is 2.47 bits per heavy atom. The summed E-state index contributed by atoms with van der Waals surface area (Å²) < 4.78 is 7.35. The van der Waals surface area contributed by atoms with Crippen LogP contribution in [0.1, 0.15) is 5.56 Å². The number of aromatic nitrogens is 3. The Kier molecular flexibility index (Phi) is 4.22. The molecule has 0 spiro atoms. The number of H-pyrrole nitrogens is 2. The zero-order valence-electron chi connectivity index (χ0n) is 9.66. The van der Waals surface area contributed by atoms with Gasteiger partial charge in [-0.05, 0) is 54.3 Å². The topological polar surface area (TPSA) is 81.9 Å². The lowest BCUT2D eigenvalue weighted by Crippen LogP contribution is -1.94. The first kappa shape index (κ1) is 13.2. The van der Waals surface area contributed by atoms with E-state index in [9.17, 15) is 0 Å². The summed E-state index contributed by atoms with van der Waals surface area (Å²) in [5.74, 6) is 0.634. The highest BCUT2D eigenvalue weighted by Gasteiger charge is 1.95. The van der Waals surface area contributed by atoms with Crippen molar-refractivity contribution in [2.45, 2.75) is 0 Å². The van der Waals surface area contributed by atoms with Gasteiger partial charge in [-0.25, -0.2) is 0 Å². The van der Waals surface area contributed by atoms with Gasteiger partial charge in [0.15, 0.2) is 6.61 Å². The van der Waals surface area contributed by atoms with Gasteiger partial charge in [0.1, 0.15) is 11.8 Å². The SMILES string of the molecule is N#CCOc1ccc(/C=N\n2c(=S)[nH][nH]c2=S)cc1. The molecule has 0 unspecified atom stereocenters. The lowest BCUT2D eigenvalue weighted by molar-refractivity contribution is 0.368. The summed E-state index contributed by atoms with van der Waals surface area (Å²) in [5.41, 5.74) is 0.863. The third kappa shape index (κ3) is 3.37. The standard InChI is InChI=1S/C11H9N5OS2/c12-5-6-17-9-3-1-8(2-4-9)7-13-16-10(18)14-15-11(16)19/h1-4,7H,6H2,(H,14,18)(H,15,19)/b13-7-. The fourth-order valence-electron chi connectivity index (χ4n) is 1.30. The molecule has 8 heteroatoms. The minimum atomic E-state index is 0.0289. The molecule has 6 nitrogen and oxygen atoms in total. The molecule has 0 saturated carbocycles. The maximum absolute atomic E-state index is 8.40. The second-order valence-electron chi connectivity index (χ2n) is 3.43. The van der Waals surface area contributed by atoms with Crippen LogP contribution in [0.3, 0.4) is 0 Å². The Bertz CT molecular complexity index is 704. The average Bonchev–Trinajstić information content (AvgIpc) is 2.75. The molecule has 0 fully saturated rings. The van der Waals surface area contributed by atoms with E-state index in [1.54, 1.807) is 18.3 Å². The molecule has 2 aromatic rings. The first-order valence-corrected chi connectivity index (χ1v) is 6.06.